The molecule has 5 rings (SSSR count). The molecule has 2 atom stereocenters. The molecule has 37 heteroatoms. The van der Waals surface area contributed by atoms with Gasteiger partial charge in [0.2, 0.25) is 5.82 Å². The molecule has 5 aromatic rings. The molecule has 0 bridgehead atoms. The smallest absolute Gasteiger partial charge is 0.348 e. The molecular formula is C75H107N5O31S. The Bertz CT molecular complexity index is 3770. The number of aliphatic carboxylic acids is 12. The van der Waals surface area contributed by atoms with Crippen LogP contribution in [0.4, 0.5) is 5.69 Å². The number of nitrogen functional groups attached to an aromatic ring is 1. The van der Waals surface area contributed by atoms with Crippen molar-refractivity contribution >= 4 is 88.7 Å². The van der Waals surface area contributed by atoms with Crippen molar-refractivity contribution in [2.45, 2.75) is 244 Å². The van der Waals surface area contributed by atoms with E-state index in [9.17, 15) is 93.3 Å². The molecule has 0 saturated heterocycles. The number of hydrogen-bond donors (Lipinski definition) is 15. The summed E-state index contributed by atoms with van der Waals surface area (Å²) in [4.78, 5) is 135. The largest absolute Gasteiger partial charge is 0.481 e. The lowest BCUT2D eigenvalue weighted by Crippen LogP contribution is -2.54. The van der Waals surface area contributed by atoms with Gasteiger partial charge in [0.15, 0.2) is 0 Å². The molecule has 112 heavy (non-hydrogen) atoms. The first-order valence-electron chi connectivity index (χ1n) is 34.1. The van der Waals surface area contributed by atoms with E-state index in [1.165, 1.54) is 38.2 Å². The summed E-state index contributed by atoms with van der Waals surface area (Å²) in [6.07, 6.45) is -2.55. The normalized spacial score (nSPS) is 12.7. The fraction of sp³-hybridized carbons (Fsp3) is 0.533. The Morgan fingerprint density at radius 3 is 1.10 bits per heavy atom. The van der Waals surface area contributed by atoms with Crippen LogP contribution in [0.2, 0.25) is 0 Å². The van der Waals surface area contributed by atoms with E-state index in [-0.39, 0.29) is 44.5 Å². The van der Waals surface area contributed by atoms with E-state index in [2.05, 4.69) is 20.6 Å². The van der Waals surface area contributed by atoms with Gasteiger partial charge in [-0.3, -0.25) is 9.59 Å². The Balaban J connectivity index is 0.00000133. The quantitative estimate of drug-likeness (QED) is 0.0142. The van der Waals surface area contributed by atoms with Crippen LogP contribution in [0.1, 0.15) is 184 Å². The minimum atomic E-state index is -2.76. The number of aromatic nitrogens is 4. The molecule has 0 aliphatic carbocycles. The number of nitrogens with one attached hydrogen (secondary N) is 1. The predicted molar refractivity (Wildman–Crippen MR) is 399 cm³/mol. The number of aliphatic hydroxyl groups excluding tert-OH is 1. The molecule has 0 aliphatic rings. The van der Waals surface area contributed by atoms with Crippen LogP contribution < -0.4 is 5.73 Å². The number of carboxylic acids is 12. The van der Waals surface area contributed by atoms with Gasteiger partial charge in [0, 0.05) is 38.0 Å². The summed E-state index contributed by atoms with van der Waals surface area (Å²) in [5.41, 5.74) is -7.49. The first kappa shape index (κ1) is 102. The lowest BCUT2D eigenvalue weighted by Gasteiger charge is -2.33. The van der Waals surface area contributed by atoms with Gasteiger partial charge >= 0.3 is 71.6 Å². The Morgan fingerprint density at radius 2 is 0.795 bits per heavy atom. The number of aliphatic hydroxyl groups is 1. The van der Waals surface area contributed by atoms with Gasteiger partial charge < -0.3 is 101 Å². The zero-order valence-corrected chi connectivity index (χ0v) is 66.9. The third-order valence-electron chi connectivity index (χ3n) is 14.0. The minimum absolute atomic E-state index is 0.0503. The zero-order valence-electron chi connectivity index (χ0n) is 66.0. The van der Waals surface area contributed by atoms with Gasteiger partial charge in [-0.15, -0.1) is 10.2 Å². The van der Waals surface area contributed by atoms with Crippen molar-refractivity contribution < 1.29 is 152 Å². The predicted octanol–water partition coefficient (Wildman–Crippen LogP) is 8.47. The number of carboxylic acid groups (broad SMARTS) is 12. The van der Waals surface area contributed by atoms with Crippen molar-refractivity contribution in [3.63, 3.8) is 0 Å². The van der Waals surface area contributed by atoms with E-state index in [1.54, 1.807) is 136 Å². The van der Waals surface area contributed by atoms with Crippen LogP contribution in [-0.2, 0) is 112 Å². The van der Waals surface area contributed by atoms with Crippen LogP contribution >= 0.6 is 11.3 Å². The number of thiophene rings is 1. The number of tetrazole rings is 1. The van der Waals surface area contributed by atoms with E-state index >= 15 is 0 Å². The van der Waals surface area contributed by atoms with Crippen LogP contribution in [0.25, 0.3) is 0 Å². The Kier molecular flexibility index (Phi) is 38.4. The Hall–Kier alpha value is -10.4. The molecule has 0 spiro atoms. The highest BCUT2D eigenvalue weighted by Crippen LogP contribution is 2.34. The molecule has 16 N–H and O–H groups in total. The molecule has 2 unspecified atom stereocenters. The lowest BCUT2D eigenvalue weighted by molar-refractivity contribution is -0.204. The Morgan fingerprint density at radius 1 is 0.438 bits per heavy atom. The van der Waals surface area contributed by atoms with Gasteiger partial charge in [-0.2, -0.15) is 16.6 Å². The van der Waals surface area contributed by atoms with Crippen molar-refractivity contribution in [2.24, 2.45) is 5.92 Å². The number of aromatic amines is 1. The molecule has 0 amide bonds. The van der Waals surface area contributed by atoms with E-state index in [0.29, 0.717) is 28.8 Å². The van der Waals surface area contributed by atoms with E-state index < -0.39 is 152 Å². The maximum absolute atomic E-state index is 11.8. The summed E-state index contributed by atoms with van der Waals surface area (Å²) in [6, 6.07) is 24.6. The average molecular weight is 1610 g/mol. The van der Waals surface area contributed by atoms with Crippen LogP contribution in [0.5, 0.6) is 0 Å². The summed E-state index contributed by atoms with van der Waals surface area (Å²) in [5.74, 6) is -18.9. The fourth-order valence-corrected chi connectivity index (χ4v) is 10.7. The molecular weight excluding hydrogens is 1500 g/mol. The number of carbonyl (C=O) groups is 12. The fourth-order valence-electron chi connectivity index (χ4n) is 10.0. The molecule has 624 valence electrons. The number of rotatable bonds is 32. The number of ether oxygens (including phenoxy) is 6. The summed E-state index contributed by atoms with van der Waals surface area (Å²) < 4.78 is 32.0. The maximum Gasteiger partial charge on any atom is 0.348 e. The van der Waals surface area contributed by atoms with Gasteiger partial charge in [-0.1, -0.05) is 77.5 Å². The van der Waals surface area contributed by atoms with Crippen LogP contribution in [-0.4, -0.2) is 227 Å². The third-order valence-corrected chi connectivity index (χ3v) is 14.7. The highest BCUT2D eigenvalue weighted by Gasteiger charge is 2.55. The third kappa shape index (κ3) is 34.5. The van der Waals surface area contributed by atoms with E-state index in [4.69, 9.17) is 64.8 Å². The molecule has 0 aliphatic heterocycles. The van der Waals surface area contributed by atoms with Crippen molar-refractivity contribution in [2.75, 3.05) is 12.3 Å². The zero-order chi connectivity index (χ0) is 87.4. The number of benzene rings is 3. The second-order valence-electron chi connectivity index (χ2n) is 31.1. The van der Waals surface area contributed by atoms with Gasteiger partial charge in [-0.25, -0.2) is 47.9 Å². The molecule has 3 aromatic carbocycles. The number of nitrogens with zero attached hydrogens (tertiary/aromatic N) is 3. The monoisotopic (exact) mass is 1610 g/mol. The highest BCUT2D eigenvalue weighted by atomic mass is 32.1. The summed E-state index contributed by atoms with van der Waals surface area (Å²) in [5, 5.41) is 136. The van der Waals surface area contributed by atoms with E-state index in [0.717, 1.165) is 11.1 Å². The van der Waals surface area contributed by atoms with Gasteiger partial charge in [0.05, 0.1) is 45.9 Å². The van der Waals surface area contributed by atoms with Gasteiger partial charge in [0.25, 0.3) is 28.0 Å². The number of aryl methyl sites for hydroxylation is 1. The molecule has 36 nitrogen and oxygen atoms in total. The first-order chi connectivity index (χ1) is 50.8. The maximum atomic E-state index is 11.8. The molecule has 2 aromatic heterocycles. The van der Waals surface area contributed by atoms with Crippen LogP contribution in [0.3, 0.4) is 0 Å². The number of nitrogens with two attached hydrogens (primary N) is 1. The lowest BCUT2D eigenvalue weighted by atomic mass is 9.92. The SMILES string of the molecule is CC(C)(C)OC(CC(=O)O)(C(=O)O)C(=O)O.CC(C)(C)OC(CCCO)(C(=O)O)C(=O)O.CC(C)(C)OC(Cc1cccc(N)c1)(C(=O)O)C(=O)O.CC(C)(C)OC(Cc1ccsc1)(C(=O)O)C(=O)O.CC(C)(C)OC(c1nn[nH]n1)C(Cc1ccccc1)C(=O)O.Cc1cccc(CC(OC(C)(C)C)(C(=O)O)C(=O)O)c1. The van der Waals surface area contributed by atoms with Crippen molar-refractivity contribution in [1.29, 1.82) is 0 Å². The van der Waals surface area contributed by atoms with Gasteiger partial charge in [-0.05, 0) is 196 Å². The topological polar surface area (TPSA) is 604 Å². The van der Waals surface area contributed by atoms with Crippen LogP contribution in [0.15, 0.2) is 95.7 Å². The summed E-state index contributed by atoms with van der Waals surface area (Å²) >= 11 is 1.38. The number of hydrogen-bond acceptors (Lipinski definition) is 24. The van der Waals surface area contributed by atoms with E-state index in [1.807, 2.05) is 64.1 Å². The summed E-state index contributed by atoms with van der Waals surface area (Å²) in [6.45, 7) is 30.8. The Labute approximate surface area is 650 Å². The molecule has 0 radical (unpaired) electrons. The highest BCUT2D eigenvalue weighted by molar-refractivity contribution is 7.08. The summed E-state index contributed by atoms with van der Waals surface area (Å²) in [7, 11) is 0. The average Bonchev–Trinajstić information content (AvgIpc) is 1.75. The second kappa shape index (κ2) is 42.3. The van der Waals surface area contributed by atoms with Gasteiger partial charge in [0.1, 0.15) is 6.10 Å². The van der Waals surface area contributed by atoms with Crippen molar-refractivity contribution in [3.8, 4) is 0 Å². The first-order valence-corrected chi connectivity index (χ1v) is 35.0. The number of H-pyrrole nitrogens is 1. The number of anilines is 1. The van der Waals surface area contributed by atoms with Crippen molar-refractivity contribution in [3.05, 3.63) is 129 Å². The second-order valence-corrected chi connectivity index (χ2v) is 31.9. The molecule has 0 saturated carbocycles. The molecule has 0 fully saturated rings. The minimum Gasteiger partial charge on any atom is -0.481 e. The van der Waals surface area contributed by atoms with Crippen molar-refractivity contribution in [1.82, 2.24) is 20.6 Å². The molecule has 2 heterocycles. The standard InChI is InChI=1S/C15H20N4O3.C15H20O5.C14H19NO5.C12H16O5S.C10H18O6.C9H14O7/c1-15(2,3)22-12(13-16-18-19-17-13)11(14(20)21)9-10-7-5-4-6-8-10;1-10-6-5-7-11(8-10)9-15(12(16)17,13(18)19)20-14(2,3)4;1-13(2,3)20-14(11(16)17,12(18)19)8-9-5-4-6-10(15)7-9;1-11(2,3)17-12(9(13)14,10(15)16)6-8-4-5-18-7-8;1-9(2,3)16-10(7(12)13,8(14)15)5-4-6-11;1-8(2,3)16-9(6(12)13,7(14)15)4-5(10)11/h4-8,11-12H,9H2,1-3H3,(H,20,21)(H,16,17,18,19);5-8H,9H2,1-4H3,(H,16,17)(H,18,19);4-7H,8,15H2,1-3H3,(H,16,17)(H,18,19);4-5,7H,6H2,1-3H3,(H,13,14)(H,15,16);11H,4-6H2,1-3H3,(H,12,13)(H,14,15);4H2,1-3H3,(H,10,11)(H,12,13)(H,14,15). The van der Waals surface area contributed by atoms with Crippen LogP contribution in [0, 0.1) is 12.8 Å².